The smallest absolute Gasteiger partial charge is 0.327 e. The SMILES string of the molecule is O=C(CN1C(=O)c2cccc([N+](=O)[O-])c2C1=O)N(Cc1ccccc1[N+](=O)[O-])CC(F)(F)F. The van der Waals surface area contributed by atoms with Crippen LogP contribution in [0.5, 0.6) is 0 Å². The van der Waals surface area contributed by atoms with Crippen molar-refractivity contribution in [3.63, 3.8) is 0 Å². The fourth-order valence-corrected chi connectivity index (χ4v) is 3.32. The van der Waals surface area contributed by atoms with E-state index in [0.717, 1.165) is 24.3 Å². The summed E-state index contributed by atoms with van der Waals surface area (Å²) in [7, 11) is 0. The average Bonchev–Trinajstić information content (AvgIpc) is 2.97. The van der Waals surface area contributed by atoms with Crippen molar-refractivity contribution >= 4 is 29.1 Å². The highest BCUT2D eigenvalue weighted by molar-refractivity contribution is 6.24. The number of amides is 3. The first-order chi connectivity index (χ1) is 15.4. The number of rotatable bonds is 7. The van der Waals surface area contributed by atoms with Gasteiger partial charge in [-0.1, -0.05) is 24.3 Å². The molecule has 2 aromatic rings. The van der Waals surface area contributed by atoms with E-state index < -0.39 is 70.3 Å². The molecule has 0 aromatic heterocycles. The van der Waals surface area contributed by atoms with Gasteiger partial charge in [0.05, 0.1) is 22.0 Å². The number of halogens is 3. The highest BCUT2D eigenvalue weighted by Crippen LogP contribution is 2.31. The molecule has 33 heavy (non-hydrogen) atoms. The van der Waals surface area contributed by atoms with E-state index in [1.807, 2.05) is 0 Å². The minimum Gasteiger partial charge on any atom is -0.327 e. The summed E-state index contributed by atoms with van der Waals surface area (Å²) in [4.78, 5) is 59.0. The van der Waals surface area contributed by atoms with Crippen molar-refractivity contribution in [3.05, 3.63) is 79.4 Å². The van der Waals surface area contributed by atoms with Gasteiger partial charge in [-0.25, -0.2) is 0 Å². The van der Waals surface area contributed by atoms with E-state index in [0.29, 0.717) is 4.90 Å². The van der Waals surface area contributed by atoms with Crippen LogP contribution < -0.4 is 0 Å². The van der Waals surface area contributed by atoms with Crippen molar-refractivity contribution in [2.75, 3.05) is 13.1 Å². The Labute approximate surface area is 182 Å². The highest BCUT2D eigenvalue weighted by atomic mass is 19.4. The van der Waals surface area contributed by atoms with Gasteiger partial charge >= 0.3 is 6.18 Å². The number of nitrogens with zero attached hydrogens (tertiary/aromatic N) is 4. The van der Waals surface area contributed by atoms with E-state index in [1.54, 1.807) is 0 Å². The van der Waals surface area contributed by atoms with E-state index in [1.165, 1.54) is 18.2 Å². The maximum Gasteiger partial charge on any atom is 0.406 e. The van der Waals surface area contributed by atoms with Crippen LogP contribution in [-0.2, 0) is 11.3 Å². The molecule has 2 aromatic carbocycles. The molecule has 1 aliphatic rings. The van der Waals surface area contributed by atoms with Crippen LogP contribution in [0.25, 0.3) is 0 Å². The maximum absolute atomic E-state index is 13.1. The van der Waals surface area contributed by atoms with Crippen LogP contribution in [0, 0.1) is 20.2 Å². The molecule has 1 heterocycles. The summed E-state index contributed by atoms with van der Waals surface area (Å²) in [6, 6.07) is 8.09. The Morgan fingerprint density at radius 2 is 1.55 bits per heavy atom. The van der Waals surface area contributed by atoms with E-state index >= 15 is 0 Å². The van der Waals surface area contributed by atoms with E-state index in [-0.39, 0.29) is 16.0 Å². The molecular formula is C19H13F3N4O7. The first-order valence-electron chi connectivity index (χ1n) is 9.11. The Morgan fingerprint density at radius 3 is 2.15 bits per heavy atom. The minimum absolute atomic E-state index is 0.196. The molecule has 0 aliphatic carbocycles. The number of imide groups is 1. The van der Waals surface area contributed by atoms with E-state index in [4.69, 9.17) is 0 Å². The highest BCUT2D eigenvalue weighted by Gasteiger charge is 2.43. The number of nitro benzene ring substituents is 2. The average molecular weight is 466 g/mol. The summed E-state index contributed by atoms with van der Waals surface area (Å²) in [6.45, 7) is -3.76. The molecule has 3 rings (SSSR count). The van der Waals surface area contributed by atoms with Gasteiger partial charge in [-0.15, -0.1) is 0 Å². The van der Waals surface area contributed by atoms with E-state index in [9.17, 15) is 47.8 Å². The van der Waals surface area contributed by atoms with Gasteiger partial charge in [0.25, 0.3) is 23.2 Å². The fraction of sp³-hybridized carbons (Fsp3) is 0.211. The molecule has 14 heteroatoms. The van der Waals surface area contributed by atoms with Crippen LogP contribution in [0.3, 0.4) is 0 Å². The number of benzene rings is 2. The first-order valence-corrected chi connectivity index (χ1v) is 9.11. The summed E-state index contributed by atoms with van der Waals surface area (Å²) in [5.74, 6) is -3.61. The number of fused-ring (bicyclic) bond motifs is 1. The number of nitro groups is 2. The third-order valence-corrected chi connectivity index (χ3v) is 4.74. The Balaban J connectivity index is 1.90. The van der Waals surface area contributed by atoms with Crippen molar-refractivity contribution in [2.24, 2.45) is 0 Å². The van der Waals surface area contributed by atoms with Gasteiger partial charge in [0.1, 0.15) is 18.7 Å². The second kappa shape index (κ2) is 8.64. The van der Waals surface area contributed by atoms with Crippen molar-refractivity contribution in [1.29, 1.82) is 0 Å². The molecule has 0 bridgehead atoms. The quantitative estimate of drug-likeness (QED) is 0.347. The molecule has 11 nitrogen and oxygen atoms in total. The standard InChI is InChI=1S/C19H13F3N4O7/c20-19(21,22)10-23(8-11-4-1-2-6-13(11)25(30)31)15(27)9-24-17(28)12-5-3-7-14(26(32)33)16(12)18(24)29/h1-7H,8-10H2. The molecule has 0 unspecified atom stereocenters. The lowest BCUT2D eigenvalue weighted by atomic mass is 10.1. The molecule has 0 radical (unpaired) electrons. The third kappa shape index (κ3) is 4.78. The lowest BCUT2D eigenvalue weighted by molar-refractivity contribution is -0.385. The summed E-state index contributed by atoms with van der Waals surface area (Å²) in [5, 5.41) is 22.3. The topological polar surface area (TPSA) is 144 Å². The molecule has 172 valence electrons. The number of hydrogen-bond donors (Lipinski definition) is 0. The molecule has 3 amide bonds. The lowest BCUT2D eigenvalue weighted by Gasteiger charge is -2.25. The lowest BCUT2D eigenvalue weighted by Crippen LogP contribution is -2.45. The zero-order chi connectivity index (χ0) is 24.5. The number of alkyl halides is 3. The third-order valence-electron chi connectivity index (χ3n) is 4.74. The number of carbonyl (C=O) groups is 3. The van der Waals surface area contributed by atoms with Crippen LogP contribution >= 0.6 is 0 Å². The predicted molar refractivity (Wildman–Crippen MR) is 103 cm³/mol. The van der Waals surface area contributed by atoms with Crippen LogP contribution in [0.1, 0.15) is 26.3 Å². The van der Waals surface area contributed by atoms with Gasteiger partial charge in [-0.2, -0.15) is 13.2 Å². The van der Waals surface area contributed by atoms with E-state index in [2.05, 4.69) is 0 Å². The zero-order valence-corrected chi connectivity index (χ0v) is 16.4. The second-order valence-corrected chi connectivity index (χ2v) is 6.90. The monoisotopic (exact) mass is 466 g/mol. The Morgan fingerprint density at radius 1 is 0.939 bits per heavy atom. The second-order valence-electron chi connectivity index (χ2n) is 6.90. The van der Waals surface area contributed by atoms with Gasteiger partial charge in [0, 0.05) is 17.7 Å². The van der Waals surface area contributed by atoms with Crippen LogP contribution in [0.2, 0.25) is 0 Å². The Kier molecular flexibility index (Phi) is 6.10. The summed E-state index contributed by atoms with van der Waals surface area (Å²) < 4.78 is 39.3. The van der Waals surface area contributed by atoms with Crippen molar-refractivity contribution in [1.82, 2.24) is 9.80 Å². The summed E-state index contributed by atoms with van der Waals surface area (Å²) in [6.07, 6.45) is -4.89. The number of hydrogen-bond acceptors (Lipinski definition) is 7. The molecule has 0 atom stereocenters. The van der Waals surface area contributed by atoms with Crippen LogP contribution in [-0.4, -0.2) is 56.6 Å². The summed E-state index contributed by atoms with van der Waals surface area (Å²) >= 11 is 0. The minimum atomic E-state index is -4.89. The predicted octanol–water partition coefficient (Wildman–Crippen LogP) is 2.69. The fourth-order valence-electron chi connectivity index (χ4n) is 3.32. The normalized spacial score (nSPS) is 13.1. The largest absolute Gasteiger partial charge is 0.406 e. The zero-order valence-electron chi connectivity index (χ0n) is 16.4. The van der Waals surface area contributed by atoms with Crippen molar-refractivity contribution < 1.29 is 37.4 Å². The van der Waals surface area contributed by atoms with Gasteiger partial charge in [0.15, 0.2) is 0 Å². The van der Waals surface area contributed by atoms with Crippen LogP contribution in [0.4, 0.5) is 24.5 Å². The van der Waals surface area contributed by atoms with Crippen molar-refractivity contribution in [2.45, 2.75) is 12.7 Å². The number of carbonyl (C=O) groups excluding carboxylic acids is 3. The Hall–Kier alpha value is -4.36. The number of para-hydroxylation sites is 1. The molecule has 0 fully saturated rings. The molecule has 1 aliphatic heterocycles. The molecule has 0 spiro atoms. The maximum atomic E-state index is 13.1. The molecule has 0 saturated carbocycles. The van der Waals surface area contributed by atoms with Gasteiger partial charge in [0.2, 0.25) is 5.91 Å². The molecule has 0 N–H and O–H groups in total. The first kappa shape index (κ1) is 23.3. The summed E-state index contributed by atoms with van der Waals surface area (Å²) in [5.41, 5.74) is -2.33. The van der Waals surface area contributed by atoms with Crippen molar-refractivity contribution in [3.8, 4) is 0 Å². The molecular weight excluding hydrogens is 453 g/mol. The van der Waals surface area contributed by atoms with Gasteiger partial charge < -0.3 is 4.90 Å². The van der Waals surface area contributed by atoms with Crippen LogP contribution in [0.15, 0.2) is 42.5 Å². The van der Waals surface area contributed by atoms with Gasteiger partial charge in [-0.05, 0) is 6.07 Å². The Bertz CT molecular complexity index is 1180. The molecule has 0 saturated heterocycles. The van der Waals surface area contributed by atoms with Gasteiger partial charge in [-0.3, -0.25) is 39.5 Å².